The Hall–Kier alpha value is -10.0. The van der Waals surface area contributed by atoms with E-state index in [4.69, 9.17) is 4.74 Å². The zero-order valence-electron chi connectivity index (χ0n) is 59.4. The van der Waals surface area contributed by atoms with E-state index in [9.17, 15) is 116 Å². The van der Waals surface area contributed by atoms with E-state index < -0.39 is 230 Å². The zero-order chi connectivity index (χ0) is 78.2. The molecule has 0 radical (unpaired) electrons. The van der Waals surface area contributed by atoms with Crippen LogP contribution in [0.15, 0.2) is 0 Å². The number of hydrogen-bond acceptors (Lipinski definition) is 22. The van der Waals surface area contributed by atoms with E-state index in [-0.39, 0.29) is 61.6 Å². The van der Waals surface area contributed by atoms with E-state index in [0.29, 0.717) is 31.8 Å². The highest BCUT2D eigenvalue weighted by atomic mass is 32.2. The van der Waals surface area contributed by atoms with Gasteiger partial charge in [0.1, 0.15) is 39.3 Å². The first-order valence-electron chi connectivity index (χ1n) is 34.9. The molecule has 2 fully saturated rings. The molecule has 0 spiro atoms. The maximum atomic E-state index is 13.0. The van der Waals surface area contributed by atoms with Crippen molar-refractivity contribution in [2.45, 2.75) is 166 Å². The molecule has 0 aromatic rings. The van der Waals surface area contributed by atoms with Crippen LogP contribution >= 0.6 is 11.8 Å². The van der Waals surface area contributed by atoms with Crippen LogP contribution in [-0.2, 0) is 95.8 Å². The van der Waals surface area contributed by atoms with Gasteiger partial charge in [-0.2, -0.15) is 11.8 Å². The molecule has 2 saturated heterocycles. The number of Topliss-reactive ketones (excluding diaryl/α,β-unsaturated/α-hetero) is 2. The average Bonchev–Trinajstić information content (AvgIpc) is 1.67. The third-order valence-electron chi connectivity index (χ3n) is 16.2. The number of rotatable bonds is 58. The number of ether oxygens (including phenoxy) is 1. The van der Waals surface area contributed by atoms with Crippen molar-refractivity contribution < 1.29 is 121 Å². The van der Waals surface area contributed by atoms with Crippen LogP contribution < -0.4 is 53.2 Å². The number of thioether (sulfide) groups is 1. The summed E-state index contributed by atoms with van der Waals surface area (Å²) in [5.41, 5.74) is 0. The molecular formula is C65H102N14O25S. The van der Waals surface area contributed by atoms with E-state index in [1.54, 1.807) is 11.8 Å². The van der Waals surface area contributed by atoms with Crippen LogP contribution in [0.4, 0.5) is 4.79 Å². The molecule has 14 N–H and O–H groups in total. The molecule has 2 rings (SSSR count). The molecule has 1 unspecified atom stereocenters. The maximum Gasteiger partial charge on any atom is 0.323 e. The summed E-state index contributed by atoms with van der Waals surface area (Å²) in [6, 6.07) is -0.478. The molecule has 40 heteroatoms. The van der Waals surface area contributed by atoms with Crippen LogP contribution in [0.2, 0.25) is 0 Å². The Bertz CT molecular complexity index is 3030. The molecular weight excluding hydrogens is 1410 g/mol. The fourth-order valence-corrected chi connectivity index (χ4v) is 12.0. The molecule has 4 atom stereocenters. The number of carbonyl (C=O) groups excluding carboxylic acids is 16. The SMILES string of the molecule is CCCCCCCCCCCCCCC(CC)COC(=O)CCC(=O)NCC(=O)NCC(=O)N(CC(=O)O)CC(=O)NCC(=O)NCC(=O)N(CC(=O)O)CC(=O)CCCC(=O)CN(CC(=O)O)C(=O)CNC(=O)CNC(=O)CN(CC(=O)O)C(=O)CNC(=O)CNC(=O)CC[C@@H]1SC[C@@H]2NC(=O)N[C@@H]21. The number of ketones is 2. The lowest BCUT2D eigenvalue weighted by Gasteiger charge is -2.21. The molecule has 39 nitrogen and oxygen atoms in total. The first-order chi connectivity index (χ1) is 49.9. The Morgan fingerprint density at radius 2 is 0.762 bits per heavy atom. The van der Waals surface area contributed by atoms with Crippen LogP contribution in [0, 0.1) is 5.92 Å². The third kappa shape index (κ3) is 43.0. The predicted molar refractivity (Wildman–Crippen MR) is 369 cm³/mol. The summed E-state index contributed by atoms with van der Waals surface area (Å²) in [7, 11) is 0. The summed E-state index contributed by atoms with van der Waals surface area (Å²) >= 11 is 1.59. The van der Waals surface area contributed by atoms with Crippen molar-refractivity contribution in [1.82, 2.24) is 72.8 Å². The summed E-state index contributed by atoms with van der Waals surface area (Å²) < 4.78 is 5.39. The number of amides is 14. The van der Waals surface area contributed by atoms with Gasteiger partial charge in [-0.3, -0.25) is 91.1 Å². The van der Waals surface area contributed by atoms with E-state index in [1.807, 2.05) is 6.92 Å². The topological polar surface area (TPSA) is 565 Å². The molecule has 2 aliphatic heterocycles. The number of urea groups is 1. The van der Waals surface area contributed by atoms with Gasteiger partial charge in [0.05, 0.1) is 90.6 Å². The highest BCUT2D eigenvalue weighted by Gasteiger charge is 2.43. The van der Waals surface area contributed by atoms with Crippen molar-refractivity contribution in [2.75, 3.05) is 117 Å². The van der Waals surface area contributed by atoms with E-state index in [1.165, 1.54) is 64.2 Å². The highest BCUT2D eigenvalue weighted by molar-refractivity contribution is 8.00. The number of carbonyl (C=O) groups is 20. The number of nitrogens with zero attached hydrogens (tertiary/aromatic N) is 4. The Kier molecular flexibility index (Phi) is 45.1. The van der Waals surface area contributed by atoms with E-state index in [2.05, 4.69) is 60.1 Å². The van der Waals surface area contributed by atoms with Gasteiger partial charge in [-0.1, -0.05) is 97.3 Å². The van der Waals surface area contributed by atoms with Crippen molar-refractivity contribution in [3.8, 4) is 0 Å². The number of esters is 1. The quantitative estimate of drug-likeness (QED) is 0.0158. The number of fused-ring (bicyclic) bond motifs is 1. The van der Waals surface area contributed by atoms with Gasteiger partial charge in [-0.25, -0.2) is 4.79 Å². The second-order valence-corrected chi connectivity index (χ2v) is 26.3. The summed E-state index contributed by atoms with van der Waals surface area (Å²) in [5.74, 6) is -18.9. The second-order valence-electron chi connectivity index (χ2n) is 25.0. The standard InChI is InChI=1S/C65H102N14O25S/c1-3-5-6-7-8-9-10-11-12-13-14-15-17-42(4-2)40-104-63(102)23-22-48(83)67-25-50(85)73-31-58(93)79(39-62(100)101)35-54(89)69-27-52(87)71-29-56(91)77(37-60(96)97)33-44(81)19-16-18-43(80)32-76(36-59(94)95)55(90)28-70-51(86)26-68-53(88)34-78(38-61(98)99)57(92)30-72-49(84)24-66-47(82)21-20-46-64-45(41-105-46)74-65(103)75-64/h42,45-46,64H,3-41H2,1-2H3,(H,66,82)(H,67,83)(H,68,88)(H,69,89)(H,70,86)(H,71,87)(H,72,84)(H,73,85)(H,94,95)(H,96,97)(H,98,99)(H,100,101)(H2,74,75,103)/t42?,45-,46-,64-/m0/s1. The van der Waals surface area contributed by atoms with Crippen molar-refractivity contribution in [3.63, 3.8) is 0 Å². The van der Waals surface area contributed by atoms with E-state index in [0.717, 1.165) is 25.7 Å². The van der Waals surface area contributed by atoms with Crippen molar-refractivity contribution in [1.29, 1.82) is 0 Å². The number of carboxylic acids is 4. The molecule has 14 amide bonds. The number of carboxylic acid groups (broad SMARTS) is 4. The van der Waals surface area contributed by atoms with Crippen LogP contribution in [-0.4, -0.2) is 293 Å². The van der Waals surface area contributed by atoms with Gasteiger partial charge in [-0.05, 0) is 25.2 Å². The Morgan fingerprint density at radius 1 is 0.410 bits per heavy atom. The monoisotopic (exact) mass is 1510 g/mol. The summed E-state index contributed by atoms with van der Waals surface area (Å²) in [6.45, 7) is -9.55. The average molecular weight is 1510 g/mol. The highest BCUT2D eigenvalue weighted by Crippen LogP contribution is 2.32. The third-order valence-corrected chi connectivity index (χ3v) is 17.7. The maximum absolute atomic E-state index is 13.0. The molecule has 105 heavy (non-hydrogen) atoms. The molecule has 0 aromatic heterocycles. The Labute approximate surface area is 610 Å². The molecule has 0 bridgehead atoms. The lowest BCUT2D eigenvalue weighted by Crippen LogP contribution is -2.50. The van der Waals surface area contributed by atoms with Crippen LogP contribution in [0.25, 0.3) is 0 Å². The zero-order valence-corrected chi connectivity index (χ0v) is 60.3. The summed E-state index contributed by atoms with van der Waals surface area (Å²) in [6.07, 6.45) is 15.3. The second kappa shape index (κ2) is 52.0. The minimum atomic E-state index is -1.58. The minimum Gasteiger partial charge on any atom is -0.480 e. The lowest BCUT2D eigenvalue weighted by molar-refractivity contribution is -0.146. The van der Waals surface area contributed by atoms with Crippen LogP contribution in [0.1, 0.15) is 149 Å². The van der Waals surface area contributed by atoms with E-state index >= 15 is 0 Å². The largest absolute Gasteiger partial charge is 0.480 e. The number of unbranched alkanes of at least 4 members (excludes halogenated alkanes) is 11. The number of aliphatic carboxylic acids is 4. The van der Waals surface area contributed by atoms with Gasteiger partial charge in [0.2, 0.25) is 70.9 Å². The minimum absolute atomic E-state index is 0.0249. The molecule has 2 aliphatic rings. The molecule has 0 aromatic carbocycles. The van der Waals surface area contributed by atoms with Crippen LogP contribution in [0.5, 0.6) is 0 Å². The van der Waals surface area contributed by atoms with Gasteiger partial charge < -0.3 is 97.9 Å². The normalized spacial score (nSPS) is 14.2. The first-order valence-corrected chi connectivity index (χ1v) is 35.9. The van der Waals surface area contributed by atoms with Gasteiger partial charge in [-0.15, -0.1) is 0 Å². The molecule has 588 valence electrons. The van der Waals surface area contributed by atoms with Gasteiger partial charge in [0, 0.05) is 36.7 Å². The van der Waals surface area contributed by atoms with Crippen molar-refractivity contribution in [3.05, 3.63) is 0 Å². The van der Waals surface area contributed by atoms with Crippen molar-refractivity contribution in [2.24, 2.45) is 5.92 Å². The van der Waals surface area contributed by atoms with Crippen molar-refractivity contribution >= 4 is 130 Å². The summed E-state index contributed by atoms with van der Waals surface area (Å²) in [4.78, 5) is 250. The number of hydrogen-bond donors (Lipinski definition) is 14. The molecule has 0 saturated carbocycles. The Morgan fingerprint density at radius 3 is 1.14 bits per heavy atom. The predicted octanol–water partition coefficient (Wildman–Crippen LogP) is -3.74. The molecule has 2 heterocycles. The van der Waals surface area contributed by atoms with Crippen LogP contribution in [0.3, 0.4) is 0 Å². The van der Waals surface area contributed by atoms with Gasteiger partial charge in [0.15, 0.2) is 11.6 Å². The smallest absolute Gasteiger partial charge is 0.323 e. The molecule has 0 aliphatic carbocycles. The fourth-order valence-electron chi connectivity index (χ4n) is 10.5. The lowest BCUT2D eigenvalue weighted by atomic mass is 9.98. The fraction of sp³-hybridized carbons (Fsp3) is 0.692. The van der Waals surface area contributed by atoms with Gasteiger partial charge in [0.25, 0.3) is 0 Å². The van der Waals surface area contributed by atoms with Gasteiger partial charge >= 0.3 is 35.9 Å². The first kappa shape index (κ1) is 91.0. The summed E-state index contributed by atoms with van der Waals surface area (Å²) in [5, 5.41) is 60.5. The number of nitrogens with one attached hydrogen (secondary N) is 10. The Balaban J connectivity index is 1.71.